The Kier molecular flexibility index (Phi) is 11.0. The molecule has 0 saturated carbocycles. The van der Waals surface area contributed by atoms with Crippen LogP contribution in [0.4, 0.5) is 19.8 Å². The number of rotatable bonds is 14. The van der Waals surface area contributed by atoms with Crippen molar-refractivity contribution in [1.29, 1.82) is 0 Å². The fourth-order valence-corrected chi connectivity index (χ4v) is 5.37. The number of hydrogen-bond acceptors (Lipinski definition) is 18. The normalized spacial score (nSPS) is 25.8. The Bertz CT molecular complexity index is 1460. The average molecular weight is 678 g/mol. The number of anilines is 1. The zero-order valence-corrected chi connectivity index (χ0v) is 26.2. The van der Waals surface area contributed by atoms with E-state index in [1.54, 1.807) is 27.7 Å². The number of hydrogen-bond donors (Lipinski definition) is 1. The van der Waals surface area contributed by atoms with E-state index in [0.717, 1.165) is 0 Å². The number of methoxy groups -OCH3 is 1. The first-order valence-corrected chi connectivity index (χ1v) is 15.0. The van der Waals surface area contributed by atoms with Crippen molar-refractivity contribution in [1.82, 2.24) is 19.5 Å². The van der Waals surface area contributed by atoms with Crippen molar-refractivity contribution in [2.75, 3.05) is 39.7 Å². The van der Waals surface area contributed by atoms with Gasteiger partial charge in [-0.15, -0.1) is 6.42 Å². The minimum atomic E-state index is -4.87. The molecule has 21 heteroatoms. The van der Waals surface area contributed by atoms with Crippen LogP contribution in [0.2, 0.25) is 0 Å². The summed E-state index contributed by atoms with van der Waals surface area (Å²) in [5.74, 6) is 2.50. The van der Waals surface area contributed by atoms with Gasteiger partial charge < -0.3 is 43.6 Å². The molecule has 2 saturated heterocycles. The third kappa shape index (κ3) is 7.32. The zero-order chi connectivity index (χ0) is 33.7. The fraction of sp³-hybridized carbons (Fsp3) is 0.640. The number of terminal acetylenes is 1. The summed E-state index contributed by atoms with van der Waals surface area (Å²) < 4.78 is 87.8. The molecule has 46 heavy (non-hydrogen) atoms. The highest BCUT2D eigenvalue weighted by molar-refractivity contribution is 7.48. The topological polar surface area (TPSA) is 222 Å². The molecule has 254 valence electrons. The quantitative estimate of drug-likeness (QED) is 0.131. The van der Waals surface area contributed by atoms with Crippen LogP contribution in [0.15, 0.2) is 12.7 Å². The highest BCUT2D eigenvalue weighted by Crippen LogP contribution is 2.56. The summed E-state index contributed by atoms with van der Waals surface area (Å²) in [4.78, 5) is 35.8. The van der Waals surface area contributed by atoms with Crippen LogP contribution >= 0.6 is 7.82 Å². The van der Waals surface area contributed by atoms with Crippen molar-refractivity contribution in [2.45, 2.75) is 69.9 Å². The lowest BCUT2D eigenvalue weighted by molar-refractivity contribution is -0.278. The molecule has 5 atom stereocenters. The number of nitrogens with zero attached hydrogens (tertiary/aromatic N) is 4. The number of halogens is 1. The summed E-state index contributed by atoms with van der Waals surface area (Å²) in [7, 11) is -3.62. The molecular weight excluding hydrogens is 644 g/mol. The summed E-state index contributed by atoms with van der Waals surface area (Å²) in [5.41, 5.74) is 2.17. The lowest BCUT2D eigenvalue weighted by Crippen LogP contribution is -2.52. The maximum atomic E-state index is 15.2. The second kappa shape index (κ2) is 14.4. The second-order valence-corrected chi connectivity index (χ2v) is 11.9. The van der Waals surface area contributed by atoms with E-state index in [1.165, 1.54) is 24.3 Å². The highest BCUT2D eigenvalue weighted by atomic mass is 31.2. The molecule has 2 aromatic rings. The number of phosphoric acid groups is 1. The molecule has 0 bridgehead atoms. The van der Waals surface area contributed by atoms with E-state index < -0.39 is 89.2 Å². The highest BCUT2D eigenvalue weighted by Gasteiger charge is 2.72. The zero-order valence-electron chi connectivity index (χ0n) is 25.4. The maximum Gasteiger partial charge on any atom is 0.510 e. The molecule has 1 unspecified atom stereocenters. The molecular formula is C25H33FN5O14P. The monoisotopic (exact) mass is 677 g/mol. The molecule has 2 aromatic heterocycles. The SMILES string of the molecule is C#C[C@@]12OC(OC)O[C@@H]1[C@@](CF)(COP(=O)(OCOC(=O)OC(C)C)OCOC(=O)OC(C)C)O[C@H]2n1cnc2c(N)ncnc21. The van der Waals surface area contributed by atoms with Gasteiger partial charge in [0.1, 0.15) is 24.6 Å². The molecule has 0 radical (unpaired) electrons. The number of alkyl halides is 1. The van der Waals surface area contributed by atoms with Crippen LogP contribution in [0.5, 0.6) is 0 Å². The molecule has 2 aliphatic heterocycles. The molecule has 4 rings (SSSR count). The van der Waals surface area contributed by atoms with Gasteiger partial charge in [-0.25, -0.2) is 42.5 Å². The van der Waals surface area contributed by atoms with Gasteiger partial charge >= 0.3 is 20.1 Å². The summed E-state index contributed by atoms with van der Waals surface area (Å²) >= 11 is 0. The van der Waals surface area contributed by atoms with E-state index in [1.807, 2.05) is 0 Å². The van der Waals surface area contributed by atoms with E-state index >= 15 is 4.39 Å². The van der Waals surface area contributed by atoms with Gasteiger partial charge in [0.25, 0.3) is 6.48 Å². The van der Waals surface area contributed by atoms with Gasteiger partial charge in [-0.1, -0.05) is 5.92 Å². The van der Waals surface area contributed by atoms with E-state index in [-0.39, 0.29) is 17.0 Å². The van der Waals surface area contributed by atoms with Crippen molar-refractivity contribution < 1.29 is 70.0 Å². The Balaban J connectivity index is 1.61. The van der Waals surface area contributed by atoms with Gasteiger partial charge in [0.05, 0.1) is 25.1 Å². The minimum Gasteiger partial charge on any atom is -0.432 e. The maximum absolute atomic E-state index is 15.2. The number of nitrogen functional groups attached to an aromatic ring is 1. The Morgan fingerprint density at radius 1 is 1.09 bits per heavy atom. The van der Waals surface area contributed by atoms with Crippen LogP contribution in [0.25, 0.3) is 11.2 Å². The van der Waals surface area contributed by atoms with Crippen molar-refractivity contribution in [3.63, 3.8) is 0 Å². The van der Waals surface area contributed by atoms with Crippen LogP contribution in [-0.2, 0) is 56.0 Å². The number of carbonyl (C=O) groups is 2. The van der Waals surface area contributed by atoms with E-state index in [4.69, 9.17) is 63.6 Å². The van der Waals surface area contributed by atoms with Gasteiger partial charge in [0, 0.05) is 7.11 Å². The summed E-state index contributed by atoms with van der Waals surface area (Å²) in [6.07, 6.45) is 2.09. The number of aromatic nitrogens is 4. The number of phosphoric ester groups is 1. The van der Waals surface area contributed by atoms with Gasteiger partial charge in [0.2, 0.25) is 19.2 Å². The van der Waals surface area contributed by atoms with E-state index in [9.17, 15) is 14.2 Å². The summed E-state index contributed by atoms with van der Waals surface area (Å²) in [5, 5.41) is 0. The van der Waals surface area contributed by atoms with Crippen molar-refractivity contribution in [3.05, 3.63) is 12.7 Å². The first kappa shape index (κ1) is 35.2. The first-order valence-electron chi connectivity index (χ1n) is 13.5. The Morgan fingerprint density at radius 2 is 1.72 bits per heavy atom. The van der Waals surface area contributed by atoms with Crippen LogP contribution in [-0.4, -0.2) is 102 Å². The van der Waals surface area contributed by atoms with Crippen molar-refractivity contribution in [3.8, 4) is 12.3 Å². The Labute approximate surface area is 261 Å². The molecule has 4 heterocycles. The molecule has 0 aromatic carbocycles. The standard InChI is InChI=1S/C25H33FN5O14P/c1-7-25-19(43-23(35-6)45-25)24(8-26,44-20(25)31-11-30-16-17(27)28-10-29-18(16)31)9-38-46(34,39-12-36-21(32)41-14(2)3)40-13-37-22(33)42-15(4)5/h1,10-11,14-15,19-20,23H,8-9,12-13H2,2-6H3,(H2,27,28,29)/t19-,20-,23?,24-,25-/m1/s1. The van der Waals surface area contributed by atoms with Crippen LogP contribution in [0, 0.1) is 12.3 Å². The average Bonchev–Trinajstić information content (AvgIpc) is 3.66. The second-order valence-electron chi connectivity index (χ2n) is 10.2. The van der Waals surface area contributed by atoms with Crippen molar-refractivity contribution >= 4 is 37.1 Å². The molecule has 19 nitrogen and oxygen atoms in total. The predicted molar refractivity (Wildman–Crippen MR) is 148 cm³/mol. The third-order valence-corrected chi connectivity index (χ3v) is 7.60. The molecule has 2 N–H and O–H groups in total. The number of ether oxygens (including phenoxy) is 8. The lowest BCUT2D eigenvalue weighted by atomic mass is 9.87. The Hall–Kier alpha value is -3.67. The van der Waals surface area contributed by atoms with Crippen LogP contribution in [0.1, 0.15) is 33.9 Å². The van der Waals surface area contributed by atoms with Gasteiger partial charge in [-0.05, 0) is 27.7 Å². The third-order valence-electron chi connectivity index (χ3n) is 6.31. The molecule has 0 aliphatic carbocycles. The lowest BCUT2D eigenvalue weighted by Gasteiger charge is -2.31. The largest absolute Gasteiger partial charge is 0.510 e. The number of imidazole rings is 1. The number of fused-ring (bicyclic) bond motifs is 2. The Morgan fingerprint density at radius 3 is 2.26 bits per heavy atom. The number of nitrogens with two attached hydrogens (primary N) is 1. The van der Waals surface area contributed by atoms with E-state index in [2.05, 4.69) is 20.9 Å². The van der Waals surface area contributed by atoms with Gasteiger partial charge in [0.15, 0.2) is 23.3 Å². The summed E-state index contributed by atoms with van der Waals surface area (Å²) in [6, 6.07) is 0. The minimum absolute atomic E-state index is 0.0423. The molecule has 2 fully saturated rings. The summed E-state index contributed by atoms with van der Waals surface area (Å²) in [6.45, 7) is 0.507. The fourth-order valence-electron chi connectivity index (χ4n) is 4.41. The van der Waals surface area contributed by atoms with Gasteiger partial charge in [-0.2, -0.15) is 0 Å². The first-order chi connectivity index (χ1) is 21.8. The number of carbonyl (C=O) groups excluding carboxylic acids is 2. The molecule has 0 amide bonds. The van der Waals surface area contributed by atoms with Crippen LogP contribution < -0.4 is 5.73 Å². The van der Waals surface area contributed by atoms with E-state index in [0.29, 0.717) is 0 Å². The van der Waals surface area contributed by atoms with Crippen LogP contribution in [0.3, 0.4) is 0 Å². The predicted octanol–water partition coefficient (Wildman–Crippen LogP) is 2.56. The molecule has 0 spiro atoms. The van der Waals surface area contributed by atoms with Crippen molar-refractivity contribution in [2.24, 2.45) is 0 Å². The molecule has 2 aliphatic rings. The smallest absolute Gasteiger partial charge is 0.432 e. The van der Waals surface area contributed by atoms with Gasteiger partial charge in [-0.3, -0.25) is 9.09 Å².